The highest BCUT2D eigenvalue weighted by molar-refractivity contribution is 5.96. The lowest BCUT2D eigenvalue weighted by atomic mass is 10.0. The van der Waals surface area contributed by atoms with E-state index in [1.165, 1.54) is 0 Å². The van der Waals surface area contributed by atoms with Gasteiger partial charge in [0.1, 0.15) is 5.82 Å². The van der Waals surface area contributed by atoms with Crippen LogP contribution < -0.4 is 15.5 Å². The molecule has 2 aromatic heterocycles. The van der Waals surface area contributed by atoms with Crippen LogP contribution in [-0.4, -0.2) is 44.5 Å². The quantitative estimate of drug-likeness (QED) is 0.539. The van der Waals surface area contributed by atoms with E-state index < -0.39 is 0 Å². The Kier molecular flexibility index (Phi) is 6.98. The van der Waals surface area contributed by atoms with Crippen LogP contribution in [0.2, 0.25) is 0 Å². The summed E-state index contributed by atoms with van der Waals surface area (Å²) in [6, 6.07) is 8.04. The lowest BCUT2D eigenvalue weighted by Crippen LogP contribution is -2.28. The molecule has 1 aromatic carbocycles. The molecule has 0 aliphatic carbocycles. The third-order valence-corrected chi connectivity index (χ3v) is 7.43. The van der Waals surface area contributed by atoms with Crippen molar-refractivity contribution in [1.29, 1.82) is 5.26 Å². The minimum absolute atomic E-state index is 0.0555. The summed E-state index contributed by atoms with van der Waals surface area (Å²) in [4.78, 5) is 20.2. The van der Waals surface area contributed by atoms with E-state index >= 15 is 0 Å². The van der Waals surface area contributed by atoms with Crippen molar-refractivity contribution in [3.63, 3.8) is 0 Å². The fourth-order valence-corrected chi connectivity index (χ4v) is 5.64. The number of ether oxygens (including phenoxy) is 1. The predicted molar refractivity (Wildman–Crippen MR) is 142 cm³/mol. The Morgan fingerprint density at radius 1 is 1.35 bits per heavy atom. The molecule has 4 heterocycles. The first-order chi connectivity index (χ1) is 17.9. The van der Waals surface area contributed by atoms with E-state index in [1.54, 1.807) is 12.3 Å². The lowest BCUT2D eigenvalue weighted by Gasteiger charge is -2.30. The lowest BCUT2D eigenvalue weighted by molar-refractivity contribution is -0.117. The third kappa shape index (κ3) is 4.72. The van der Waals surface area contributed by atoms with Gasteiger partial charge in [-0.15, -0.1) is 0 Å². The highest BCUT2D eigenvalue weighted by atomic mass is 16.5. The van der Waals surface area contributed by atoms with Crippen LogP contribution in [0, 0.1) is 21.9 Å². The fourth-order valence-electron chi connectivity index (χ4n) is 5.64. The van der Waals surface area contributed by atoms with Crippen molar-refractivity contribution >= 4 is 24.2 Å². The number of amides is 1. The zero-order valence-electron chi connectivity index (χ0n) is 21.9. The summed E-state index contributed by atoms with van der Waals surface area (Å²) in [6.07, 6.45) is 8.98. The van der Waals surface area contributed by atoms with Crippen molar-refractivity contribution in [3.05, 3.63) is 63.1 Å². The molecule has 8 heteroatoms. The standard InChI is InChI=1S/C29H34N6O2/c1-5-10-33-18-24(16-31-33)34-17-22(14-27(34)36)29-32-26(6-2)28(25-13-21(15-30)8-7-19(25)3)35(29)23-9-11-37-20(4)12-23/h6-8,13,16,18,20,22-23H,3,5,9-12,14,17H2,1-2,4H3/b26-6+,28-25+/t20?,22?,23-/m1/s1. The smallest absolute Gasteiger partial charge is 0.227 e. The van der Waals surface area contributed by atoms with E-state index in [9.17, 15) is 10.1 Å². The van der Waals surface area contributed by atoms with Gasteiger partial charge in [0.05, 0.1) is 40.3 Å². The Hall–Kier alpha value is -3.70. The monoisotopic (exact) mass is 498 g/mol. The SMILES string of the molecule is C=c1ccc(C#N)c/c1=c1/c(=C\C)nc(C2CC(=O)N(c3cnn(CCC)c3)C2)n1[C@@H]1CCOC(C)C1. The average molecular weight is 499 g/mol. The number of aryl methyl sites for hydroxylation is 1. The van der Waals surface area contributed by atoms with Gasteiger partial charge in [-0.25, -0.2) is 4.98 Å². The normalized spacial score (nSPS) is 23.5. The van der Waals surface area contributed by atoms with Crippen molar-refractivity contribution < 1.29 is 9.53 Å². The molecule has 3 aromatic rings. The molecule has 0 radical (unpaired) electrons. The molecule has 8 nitrogen and oxygen atoms in total. The van der Waals surface area contributed by atoms with Crippen molar-refractivity contribution in [2.45, 2.75) is 71.1 Å². The summed E-state index contributed by atoms with van der Waals surface area (Å²) in [5, 5.41) is 17.6. The fraction of sp³-hybridized carbons (Fsp3) is 0.448. The topological polar surface area (TPSA) is 89.0 Å². The third-order valence-electron chi connectivity index (χ3n) is 7.43. The van der Waals surface area contributed by atoms with Crippen LogP contribution in [0.4, 0.5) is 5.69 Å². The van der Waals surface area contributed by atoms with Gasteiger partial charge >= 0.3 is 0 Å². The second-order valence-electron chi connectivity index (χ2n) is 10.1. The summed E-state index contributed by atoms with van der Waals surface area (Å²) in [7, 11) is 0. The molecule has 37 heavy (non-hydrogen) atoms. The maximum atomic E-state index is 13.2. The number of benzene rings is 1. The Balaban J connectivity index is 1.69. The maximum Gasteiger partial charge on any atom is 0.227 e. The Bertz CT molecular complexity index is 1560. The van der Waals surface area contributed by atoms with E-state index in [1.807, 2.05) is 40.9 Å². The first-order valence-electron chi connectivity index (χ1n) is 13.2. The number of imidazole rings is 1. The van der Waals surface area contributed by atoms with Crippen LogP contribution in [0.5, 0.6) is 0 Å². The molecule has 0 saturated carbocycles. The van der Waals surface area contributed by atoms with E-state index in [-0.39, 0.29) is 24.0 Å². The number of rotatable bonds is 5. The van der Waals surface area contributed by atoms with Crippen LogP contribution in [0.1, 0.15) is 69.8 Å². The molecular formula is C29H34N6O2. The van der Waals surface area contributed by atoms with E-state index in [0.29, 0.717) is 25.1 Å². The molecule has 3 atom stereocenters. The summed E-state index contributed by atoms with van der Waals surface area (Å²) in [5.41, 5.74) is 1.42. The Morgan fingerprint density at radius 2 is 2.19 bits per heavy atom. The molecule has 5 rings (SSSR count). The molecule has 2 fully saturated rings. The van der Waals surface area contributed by atoms with Gasteiger partial charge in [-0.3, -0.25) is 9.48 Å². The summed E-state index contributed by atoms with van der Waals surface area (Å²) in [6.45, 7) is 12.5. The molecule has 2 unspecified atom stereocenters. The minimum Gasteiger partial charge on any atom is -0.378 e. The van der Waals surface area contributed by atoms with Crippen LogP contribution in [0.25, 0.3) is 12.7 Å². The van der Waals surface area contributed by atoms with Gasteiger partial charge in [0, 0.05) is 49.5 Å². The number of carbonyl (C=O) groups excluding carboxylic acids is 1. The van der Waals surface area contributed by atoms with E-state index in [0.717, 1.165) is 58.5 Å². The molecule has 0 N–H and O–H groups in total. The Labute approximate surface area is 216 Å². The van der Waals surface area contributed by atoms with E-state index in [4.69, 9.17) is 9.72 Å². The first-order valence-corrected chi connectivity index (χ1v) is 13.2. The summed E-state index contributed by atoms with van der Waals surface area (Å²) in [5.74, 6) is 0.949. The van der Waals surface area contributed by atoms with Crippen LogP contribution in [0.15, 0.2) is 30.6 Å². The van der Waals surface area contributed by atoms with Crippen molar-refractivity contribution in [2.24, 2.45) is 0 Å². The number of hydrogen-bond acceptors (Lipinski definition) is 5. The number of aromatic nitrogens is 4. The van der Waals surface area contributed by atoms with Gasteiger partial charge in [0.25, 0.3) is 0 Å². The molecule has 0 bridgehead atoms. The highest BCUT2D eigenvalue weighted by Crippen LogP contribution is 2.34. The summed E-state index contributed by atoms with van der Waals surface area (Å²) < 4.78 is 10.1. The number of anilines is 1. The number of hydrogen-bond donors (Lipinski definition) is 0. The van der Waals surface area contributed by atoms with Crippen LogP contribution >= 0.6 is 0 Å². The predicted octanol–water partition coefficient (Wildman–Crippen LogP) is 3.12. The summed E-state index contributed by atoms with van der Waals surface area (Å²) >= 11 is 0. The van der Waals surface area contributed by atoms with Gasteiger partial charge in [0.2, 0.25) is 5.91 Å². The van der Waals surface area contributed by atoms with Crippen molar-refractivity contribution in [3.8, 4) is 6.07 Å². The zero-order valence-corrected chi connectivity index (χ0v) is 21.9. The van der Waals surface area contributed by atoms with Gasteiger partial charge < -0.3 is 14.2 Å². The molecule has 2 saturated heterocycles. The second-order valence-corrected chi connectivity index (χ2v) is 10.1. The number of nitrogens with zero attached hydrogens (tertiary/aromatic N) is 6. The van der Waals surface area contributed by atoms with Gasteiger partial charge in [-0.05, 0) is 50.5 Å². The average Bonchev–Trinajstić information content (AvgIpc) is 3.61. The number of nitriles is 1. The van der Waals surface area contributed by atoms with Crippen LogP contribution in [0.3, 0.4) is 0 Å². The molecule has 192 valence electrons. The maximum absolute atomic E-state index is 13.2. The van der Waals surface area contributed by atoms with Crippen molar-refractivity contribution in [2.75, 3.05) is 18.1 Å². The second kappa shape index (κ2) is 10.3. The largest absolute Gasteiger partial charge is 0.378 e. The highest BCUT2D eigenvalue weighted by Gasteiger charge is 2.37. The van der Waals surface area contributed by atoms with Crippen LogP contribution in [-0.2, 0) is 16.1 Å². The number of carbonyl (C=O) groups is 1. The van der Waals surface area contributed by atoms with Gasteiger partial charge in [-0.2, -0.15) is 10.4 Å². The molecular weight excluding hydrogens is 464 g/mol. The molecule has 0 spiro atoms. The van der Waals surface area contributed by atoms with Gasteiger partial charge in [0.15, 0.2) is 0 Å². The van der Waals surface area contributed by atoms with E-state index in [2.05, 4.69) is 36.2 Å². The van der Waals surface area contributed by atoms with Gasteiger partial charge in [-0.1, -0.05) is 25.6 Å². The zero-order chi connectivity index (χ0) is 26.1. The minimum atomic E-state index is -0.0555. The van der Waals surface area contributed by atoms with Crippen molar-refractivity contribution in [1.82, 2.24) is 19.3 Å². The molecule has 2 aliphatic heterocycles. The Morgan fingerprint density at radius 3 is 2.92 bits per heavy atom. The molecule has 2 aliphatic rings. The first kappa shape index (κ1) is 25.0. The molecule has 1 amide bonds.